The number of aliphatic imine (C=N–C) groups is 1. The van der Waals surface area contributed by atoms with E-state index in [4.69, 9.17) is 21.3 Å². The number of nitrogens with zero attached hydrogens (tertiary/aromatic N) is 3. The van der Waals surface area contributed by atoms with Gasteiger partial charge in [0.15, 0.2) is 0 Å². The Balaban J connectivity index is 1.52. The van der Waals surface area contributed by atoms with Crippen LogP contribution in [0.4, 0.5) is 18.2 Å². The lowest BCUT2D eigenvalue weighted by Crippen LogP contribution is -2.47. The van der Waals surface area contributed by atoms with Crippen LogP contribution < -0.4 is 15.4 Å². The molecule has 2 aromatic carbocycles. The first-order valence-corrected chi connectivity index (χ1v) is 13.3. The Morgan fingerprint density at radius 3 is 2.70 bits per heavy atom. The van der Waals surface area contributed by atoms with E-state index in [9.17, 15) is 18.0 Å². The number of ether oxygens (including phenoxy) is 1. The lowest BCUT2D eigenvalue weighted by molar-refractivity contribution is -0.112. The van der Waals surface area contributed by atoms with Crippen molar-refractivity contribution in [3.05, 3.63) is 89.4 Å². The summed E-state index contributed by atoms with van der Waals surface area (Å²) in [6.07, 6.45) is 5.41. The fourth-order valence-corrected chi connectivity index (χ4v) is 5.34. The average molecular weight is 586 g/mol. The van der Waals surface area contributed by atoms with Crippen LogP contribution in [0.1, 0.15) is 5.56 Å². The van der Waals surface area contributed by atoms with E-state index >= 15 is 0 Å². The summed E-state index contributed by atoms with van der Waals surface area (Å²) >= 11 is 7.37. The molecule has 1 amide bonds. The summed E-state index contributed by atoms with van der Waals surface area (Å²) in [4.78, 5) is 24.2. The second-order valence-corrected chi connectivity index (χ2v) is 10.3. The summed E-state index contributed by atoms with van der Waals surface area (Å²) in [5.74, 6) is -0.382. The van der Waals surface area contributed by atoms with Crippen molar-refractivity contribution >= 4 is 40.1 Å². The maximum Gasteiger partial charge on any atom is 0.387 e. The van der Waals surface area contributed by atoms with E-state index in [0.717, 1.165) is 22.5 Å². The van der Waals surface area contributed by atoms with Gasteiger partial charge in [-0.15, -0.1) is 0 Å². The quantitative estimate of drug-likeness (QED) is 0.284. The minimum Gasteiger partial charge on any atom is -0.434 e. The van der Waals surface area contributed by atoms with Gasteiger partial charge in [-0.25, -0.2) is 14.4 Å². The molecular formula is C28H23ClF3N5O2S. The van der Waals surface area contributed by atoms with E-state index in [1.165, 1.54) is 30.5 Å². The van der Waals surface area contributed by atoms with Crippen LogP contribution in [0.15, 0.2) is 83.8 Å². The van der Waals surface area contributed by atoms with Gasteiger partial charge in [0.1, 0.15) is 33.4 Å². The van der Waals surface area contributed by atoms with Crippen molar-refractivity contribution in [2.24, 2.45) is 4.99 Å². The van der Waals surface area contributed by atoms with Crippen LogP contribution in [-0.2, 0) is 11.3 Å². The molecule has 12 heteroatoms. The topological polar surface area (TPSA) is 78.9 Å². The molecule has 2 aliphatic rings. The Bertz CT molecular complexity index is 1510. The van der Waals surface area contributed by atoms with Crippen LogP contribution in [0.2, 0.25) is 5.02 Å². The number of rotatable bonds is 9. The van der Waals surface area contributed by atoms with Gasteiger partial charge in [0.05, 0.1) is 5.57 Å². The second-order valence-electron chi connectivity index (χ2n) is 8.91. The van der Waals surface area contributed by atoms with E-state index in [0.29, 0.717) is 30.5 Å². The monoisotopic (exact) mass is 585 g/mol. The Hall–Kier alpha value is -3.93. The van der Waals surface area contributed by atoms with Gasteiger partial charge in [0, 0.05) is 48.2 Å². The molecule has 5 rings (SSSR count). The predicted octanol–water partition coefficient (Wildman–Crippen LogP) is 6.41. The van der Waals surface area contributed by atoms with Gasteiger partial charge in [0.25, 0.3) is 5.91 Å². The molecule has 206 valence electrons. The number of amides is 1. The predicted molar refractivity (Wildman–Crippen MR) is 151 cm³/mol. The minimum absolute atomic E-state index is 0.145. The highest BCUT2D eigenvalue weighted by atomic mass is 35.5. The van der Waals surface area contributed by atoms with E-state index < -0.39 is 18.7 Å². The summed E-state index contributed by atoms with van der Waals surface area (Å²) in [5, 5.41) is 6.81. The number of halogens is 4. The van der Waals surface area contributed by atoms with E-state index in [2.05, 4.69) is 22.2 Å². The number of likely N-dealkylation sites (tertiary alicyclic amines) is 1. The lowest BCUT2D eigenvalue weighted by Gasteiger charge is -2.34. The van der Waals surface area contributed by atoms with Crippen molar-refractivity contribution in [1.82, 2.24) is 15.2 Å². The van der Waals surface area contributed by atoms with Crippen molar-refractivity contribution in [2.45, 2.75) is 19.3 Å². The first kappa shape index (κ1) is 27.6. The molecular weight excluding hydrogens is 563 g/mol. The number of alkyl halides is 3. The van der Waals surface area contributed by atoms with Gasteiger partial charge < -0.3 is 15.4 Å². The molecule has 0 unspecified atom stereocenters. The number of allylic oxidation sites excluding steroid dienone is 1. The van der Waals surface area contributed by atoms with Crippen LogP contribution in [0.25, 0.3) is 21.8 Å². The average Bonchev–Trinajstić information content (AvgIpc) is 3.33. The molecule has 3 aromatic rings. The Morgan fingerprint density at radius 1 is 1.27 bits per heavy atom. The van der Waals surface area contributed by atoms with Crippen LogP contribution in [0.3, 0.4) is 0 Å². The standard InChI is InChI=1S/C28H23ClF3N5O2S/c1-2-20(24-33-10-3-11-34-24)25(38)36-27-23(21-12-18(29)8-9-22(21)39-28(31)32)35-26(40-27)17-6-4-16(5-7-17)13-37-14-19(30)15-37/h2-12,19,28,33H,1,13-15H2,(H,36,38)/b24-20-. The van der Waals surface area contributed by atoms with Crippen molar-refractivity contribution in [2.75, 3.05) is 18.4 Å². The van der Waals surface area contributed by atoms with Gasteiger partial charge >= 0.3 is 6.61 Å². The Labute approximate surface area is 237 Å². The number of thiazole rings is 1. The van der Waals surface area contributed by atoms with Crippen LogP contribution in [0.5, 0.6) is 5.75 Å². The third-order valence-electron chi connectivity index (χ3n) is 6.10. The van der Waals surface area contributed by atoms with E-state index in [1.54, 1.807) is 12.3 Å². The molecule has 2 aliphatic heterocycles. The molecule has 0 saturated carbocycles. The van der Waals surface area contributed by atoms with Crippen molar-refractivity contribution < 1.29 is 22.7 Å². The molecule has 1 saturated heterocycles. The fourth-order valence-electron chi connectivity index (χ4n) is 4.18. The maximum atomic E-state index is 13.3. The maximum absolute atomic E-state index is 13.3. The highest BCUT2D eigenvalue weighted by Crippen LogP contribution is 2.43. The molecule has 0 atom stereocenters. The Morgan fingerprint density at radius 2 is 2.05 bits per heavy atom. The number of aromatic nitrogens is 1. The zero-order valence-electron chi connectivity index (χ0n) is 20.9. The largest absolute Gasteiger partial charge is 0.434 e. The second kappa shape index (κ2) is 12.1. The summed E-state index contributed by atoms with van der Waals surface area (Å²) in [6.45, 7) is 2.11. The van der Waals surface area contributed by atoms with E-state index in [1.807, 2.05) is 29.2 Å². The lowest BCUT2D eigenvalue weighted by atomic mass is 10.1. The molecule has 0 spiro atoms. The van der Waals surface area contributed by atoms with Crippen molar-refractivity contribution in [3.63, 3.8) is 0 Å². The van der Waals surface area contributed by atoms with Crippen molar-refractivity contribution in [1.29, 1.82) is 0 Å². The van der Waals surface area contributed by atoms with Crippen LogP contribution in [-0.4, -0.2) is 47.9 Å². The molecule has 1 fully saturated rings. The van der Waals surface area contributed by atoms with Gasteiger partial charge in [-0.1, -0.05) is 59.9 Å². The van der Waals surface area contributed by atoms with E-state index in [-0.39, 0.29) is 32.6 Å². The minimum atomic E-state index is -3.08. The zero-order valence-corrected chi connectivity index (χ0v) is 22.5. The summed E-state index contributed by atoms with van der Waals surface area (Å²) in [7, 11) is 0. The molecule has 40 heavy (non-hydrogen) atoms. The summed E-state index contributed by atoms with van der Waals surface area (Å²) in [6, 6.07) is 11.8. The molecule has 7 nitrogen and oxygen atoms in total. The zero-order chi connectivity index (χ0) is 28.2. The highest BCUT2D eigenvalue weighted by Gasteiger charge is 2.26. The molecule has 2 N–H and O–H groups in total. The third kappa shape index (κ3) is 6.27. The highest BCUT2D eigenvalue weighted by molar-refractivity contribution is 7.19. The Kier molecular flexibility index (Phi) is 8.34. The first-order chi connectivity index (χ1) is 19.3. The molecule has 0 radical (unpaired) electrons. The van der Waals surface area contributed by atoms with Gasteiger partial charge in [-0.05, 0) is 29.8 Å². The van der Waals surface area contributed by atoms with Crippen LogP contribution >= 0.6 is 22.9 Å². The number of nitrogens with one attached hydrogen (secondary N) is 2. The van der Waals surface area contributed by atoms with Crippen molar-refractivity contribution in [3.8, 4) is 27.6 Å². The normalized spacial score (nSPS) is 16.4. The molecule has 0 bridgehead atoms. The molecule has 3 heterocycles. The first-order valence-electron chi connectivity index (χ1n) is 12.2. The number of carbonyl (C=O) groups is 1. The smallest absolute Gasteiger partial charge is 0.387 e. The number of anilines is 1. The summed E-state index contributed by atoms with van der Waals surface area (Å²) in [5.41, 5.74) is 2.32. The van der Waals surface area contributed by atoms with Gasteiger partial charge in [-0.3, -0.25) is 9.69 Å². The number of benzene rings is 2. The van der Waals surface area contributed by atoms with Gasteiger partial charge in [-0.2, -0.15) is 8.78 Å². The number of carbonyl (C=O) groups excluding carboxylic acids is 1. The number of hydrogen-bond donors (Lipinski definition) is 2. The fraction of sp³-hybridized carbons (Fsp3) is 0.179. The van der Waals surface area contributed by atoms with Crippen LogP contribution in [0, 0.1) is 0 Å². The molecule has 1 aromatic heterocycles. The third-order valence-corrected chi connectivity index (χ3v) is 7.35. The molecule has 0 aliphatic carbocycles. The number of hydrogen-bond acceptors (Lipinski definition) is 7. The SMILES string of the molecule is C=C/C(C(=O)Nc1sc(-c2ccc(CN3CC(F)C3)cc2)nc1-c1cc(Cl)ccc1OC(F)F)=C1/N=CC=CN1. The van der Waals surface area contributed by atoms with Gasteiger partial charge in [0.2, 0.25) is 0 Å². The summed E-state index contributed by atoms with van der Waals surface area (Å²) < 4.78 is 44.4.